The number of hydrogen-bond acceptors (Lipinski definition) is 2. The lowest BCUT2D eigenvalue weighted by atomic mass is 9.99. The molecule has 3 atom stereocenters. The van der Waals surface area contributed by atoms with Crippen LogP contribution in [0.25, 0.3) is 0 Å². The van der Waals surface area contributed by atoms with Crippen LogP contribution < -0.4 is 0 Å². The largest absolute Gasteiger partial charge is 0.393 e. The third kappa shape index (κ3) is 2.11. The lowest BCUT2D eigenvalue weighted by Crippen LogP contribution is -2.46. The van der Waals surface area contributed by atoms with Crippen molar-refractivity contribution in [2.75, 3.05) is 26.2 Å². The van der Waals surface area contributed by atoms with Crippen LogP contribution in [0, 0.1) is 17.8 Å². The second-order valence-corrected chi connectivity index (χ2v) is 6.43. The normalized spacial score (nSPS) is 37.1. The Balaban J connectivity index is 1.58. The molecule has 1 N–H and O–H groups in total. The molecule has 2 heterocycles. The van der Waals surface area contributed by atoms with Crippen LogP contribution in [0.1, 0.15) is 32.6 Å². The Morgan fingerprint density at radius 3 is 2.44 bits per heavy atom. The average Bonchev–Trinajstić information content (AvgIpc) is 2.92. The van der Waals surface area contributed by atoms with E-state index in [0.29, 0.717) is 11.8 Å². The van der Waals surface area contributed by atoms with E-state index >= 15 is 0 Å². The van der Waals surface area contributed by atoms with Gasteiger partial charge in [0.1, 0.15) is 0 Å². The van der Waals surface area contributed by atoms with Crippen LogP contribution >= 0.6 is 0 Å². The monoisotopic (exact) mass is 252 g/mol. The molecule has 0 aromatic rings. The van der Waals surface area contributed by atoms with Crippen molar-refractivity contribution in [1.82, 2.24) is 9.80 Å². The van der Waals surface area contributed by atoms with E-state index in [1.165, 1.54) is 0 Å². The van der Waals surface area contributed by atoms with Crippen molar-refractivity contribution in [3.63, 3.8) is 0 Å². The van der Waals surface area contributed by atoms with Crippen LogP contribution in [0.5, 0.6) is 0 Å². The number of amides is 2. The number of aliphatic hydroxyl groups is 1. The van der Waals surface area contributed by atoms with E-state index < -0.39 is 0 Å². The second-order valence-electron chi connectivity index (χ2n) is 6.43. The maximum atomic E-state index is 12.4. The topological polar surface area (TPSA) is 43.8 Å². The highest BCUT2D eigenvalue weighted by atomic mass is 16.3. The molecule has 1 saturated carbocycles. The van der Waals surface area contributed by atoms with Gasteiger partial charge >= 0.3 is 6.03 Å². The Hall–Kier alpha value is -0.770. The van der Waals surface area contributed by atoms with Gasteiger partial charge in [-0.3, -0.25) is 0 Å². The summed E-state index contributed by atoms with van der Waals surface area (Å²) < 4.78 is 0. The number of carbonyl (C=O) groups is 1. The molecule has 3 unspecified atom stereocenters. The molecule has 18 heavy (non-hydrogen) atoms. The van der Waals surface area contributed by atoms with E-state index in [9.17, 15) is 9.90 Å². The average molecular weight is 252 g/mol. The number of piperidine rings is 1. The maximum absolute atomic E-state index is 12.4. The lowest BCUT2D eigenvalue weighted by molar-refractivity contribution is 0.116. The fourth-order valence-corrected chi connectivity index (χ4v) is 3.79. The predicted octanol–water partition coefficient (Wildman–Crippen LogP) is 1.54. The minimum atomic E-state index is -0.172. The van der Waals surface area contributed by atoms with Crippen molar-refractivity contribution >= 4 is 6.03 Å². The number of likely N-dealkylation sites (tertiary alicyclic amines) is 2. The van der Waals surface area contributed by atoms with E-state index in [2.05, 4.69) is 6.92 Å². The van der Waals surface area contributed by atoms with E-state index in [1.54, 1.807) is 0 Å². The van der Waals surface area contributed by atoms with Crippen molar-refractivity contribution < 1.29 is 9.90 Å². The third-order valence-corrected chi connectivity index (χ3v) is 5.14. The molecule has 0 aromatic carbocycles. The number of rotatable bonds is 0. The van der Waals surface area contributed by atoms with E-state index in [0.717, 1.165) is 57.8 Å². The molecule has 0 bridgehead atoms. The summed E-state index contributed by atoms with van der Waals surface area (Å²) in [5.74, 6) is 1.65. The zero-order chi connectivity index (χ0) is 12.7. The summed E-state index contributed by atoms with van der Waals surface area (Å²) in [6.45, 7) is 5.73. The first-order valence-electron chi connectivity index (χ1n) is 7.37. The highest BCUT2D eigenvalue weighted by molar-refractivity contribution is 5.75. The number of urea groups is 1. The van der Waals surface area contributed by atoms with E-state index in [1.807, 2.05) is 9.80 Å². The number of fused-ring (bicyclic) bond motifs is 1. The number of aliphatic hydroxyl groups excluding tert-OH is 1. The first kappa shape index (κ1) is 12.3. The van der Waals surface area contributed by atoms with Gasteiger partial charge in [0.15, 0.2) is 0 Å². The van der Waals surface area contributed by atoms with Gasteiger partial charge in [-0.1, -0.05) is 6.92 Å². The van der Waals surface area contributed by atoms with Crippen LogP contribution in [0.4, 0.5) is 4.79 Å². The molecule has 0 spiro atoms. The quantitative estimate of drug-likeness (QED) is 0.710. The molecule has 4 nitrogen and oxygen atoms in total. The van der Waals surface area contributed by atoms with Gasteiger partial charge in [0.2, 0.25) is 0 Å². The van der Waals surface area contributed by atoms with Crippen LogP contribution in [-0.2, 0) is 0 Å². The fourth-order valence-electron chi connectivity index (χ4n) is 3.79. The molecule has 2 saturated heterocycles. The van der Waals surface area contributed by atoms with Gasteiger partial charge in [0.25, 0.3) is 0 Å². The van der Waals surface area contributed by atoms with Crippen LogP contribution in [0.3, 0.4) is 0 Å². The minimum Gasteiger partial charge on any atom is -0.393 e. The molecule has 2 amide bonds. The van der Waals surface area contributed by atoms with E-state index in [-0.39, 0.29) is 12.1 Å². The third-order valence-electron chi connectivity index (χ3n) is 5.14. The molecule has 1 aliphatic carbocycles. The summed E-state index contributed by atoms with van der Waals surface area (Å²) in [5, 5.41) is 9.89. The Labute approximate surface area is 109 Å². The van der Waals surface area contributed by atoms with Crippen LogP contribution in [-0.4, -0.2) is 53.2 Å². The molecule has 3 rings (SSSR count). The fraction of sp³-hybridized carbons (Fsp3) is 0.929. The van der Waals surface area contributed by atoms with Gasteiger partial charge < -0.3 is 14.9 Å². The van der Waals surface area contributed by atoms with Crippen molar-refractivity contribution in [2.24, 2.45) is 17.8 Å². The van der Waals surface area contributed by atoms with Gasteiger partial charge in [-0.2, -0.15) is 0 Å². The van der Waals surface area contributed by atoms with Gasteiger partial charge in [-0.05, 0) is 37.5 Å². The summed E-state index contributed by atoms with van der Waals surface area (Å²) in [5.41, 5.74) is 0. The molecule has 102 valence electrons. The smallest absolute Gasteiger partial charge is 0.320 e. The Morgan fingerprint density at radius 2 is 1.78 bits per heavy atom. The van der Waals surface area contributed by atoms with Gasteiger partial charge in [0.05, 0.1) is 6.10 Å². The minimum absolute atomic E-state index is 0.172. The van der Waals surface area contributed by atoms with Gasteiger partial charge in [0, 0.05) is 32.1 Å². The summed E-state index contributed by atoms with van der Waals surface area (Å²) in [6, 6.07) is 0.212. The molecule has 4 heteroatoms. The zero-order valence-corrected chi connectivity index (χ0v) is 11.2. The van der Waals surface area contributed by atoms with E-state index in [4.69, 9.17) is 0 Å². The van der Waals surface area contributed by atoms with Crippen LogP contribution in [0.15, 0.2) is 0 Å². The predicted molar refractivity (Wildman–Crippen MR) is 69.2 cm³/mol. The van der Waals surface area contributed by atoms with Gasteiger partial charge in [-0.15, -0.1) is 0 Å². The first-order valence-corrected chi connectivity index (χ1v) is 7.37. The Morgan fingerprint density at radius 1 is 1.06 bits per heavy atom. The Kier molecular flexibility index (Phi) is 3.22. The zero-order valence-electron chi connectivity index (χ0n) is 11.2. The molecule has 0 radical (unpaired) electrons. The number of nitrogens with zero attached hydrogens (tertiary/aromatic N) is 2. The highest BCUT2D eigenvalue weighted by Gasteiger charge is 2.44. The molecule has 3 aliphatic rings. The second kappa shape index (κ2) is 4.72. The molecule has 0 aromatic heterocycles. The van der Waals surface area contributed by atoms with Crippen molar-refractivity contribution in [3.05, 3.63) is 0 Å². The highest BCUT2D eigenvalue weighted by Crippen LogP contribution is 2.38. The van der Waals surface area contributed by atoms with Gasteiger partial charge in [-0.25, -0.2) is 4.79 Å². The molecular weight excluding hydrogens is 228 g/mol. The molecule has 2 aliphatic heterocycles. The molecular formula is C14H24N2O2. The van der Waals surface area contributed by atoms with Crippen LogP contribution in [0.2, 0.25) is 0 Å². The first-order chi connectivity index (χ1) is 8.65. The summed E-state index contributed by atoms with van der Waals surface area (Å²) in [6.07, 6.45) is 4.12. The number of hydrogen-bond donors (Lipinski definition) is 1. The summed E-state index contributed by atoms with van der Waals surface area (Å²) >= 11 is 0. The van der Waals surface area contributed by atoms with Crippen molar-refractivity contribution in [1.29, 1.82) is 0 Å². The van der Waals surface area contributed by atoms with Crippen molar-refractivity contribution in [3.8, 4) is 0 Å². The van der Waals surface area contributed by atoms with Crippen molar-refractivity contribution in [2.45, 2.75) is 38.7 Å². The lowest BCUT2D eigenvalue weighted by Gasteiger charge is -2.33. The molecule has 3 fully saturated rings. The summed E-state index contributed by atoms with van der Waals surface area (Å²) in [4.78, 5) is 16.4. The summed E-state index contributed by atoms with van der Waals surface area (Å²) in [7, 11) is 0. The SMILES string of the molecule is CC1CCN(C(=O)N2CC3CCC(O)C3C2)CC1. The Bertz CT molecular complexity index is 326. The standard InChI is InChI=1S/C14H24N2O2/c1-10-4-6-15(7-5-10)14(18)16-8-11-2-3-13(17)12(11)9-16/h10-13,17H,2-9H2,1H3. The number of carbonyl (C=O) groups excluding carboxylic acids is 1. The maximum Gasteiger partial charge on any atom is 0.320 e.